The molecule has 2 aromatic rings. The Kier molecular flexibility index (Phi) is 7.74. The number of aliphatic imine (C=N–C) groups is 1. The summed E-state index contributed by atoms with van der Waals surface area (Å²) in [6, 6.07) is 11.1. The first-order valence-corrected chi connectivity index (χ1v) is 8.66. The summed E-state index contributed by atoms with van der Waals surface area (Å²) in [7, 11) is 0. The molecule has 5 N–H and O–H groups in total. The second-order valence-corrected chi connectivity index (χ2v) is 6.01. The fourth-order valence-corrected chi connectivity index (χ4v) is 2.32. The van der Waals surface area contributed by atoms with Crippen molar-refractivity contribution in [1.82, 2.24) is 5.32 Å². The summed E-state index contributed by atoms with van der Waals surface area (Å²) in [4.78, 5) is 38.8. The van der Waals surface area contributed by atoms with Gasteiger partial charge in [-0.1, -0.05) is 12.1 Å². The zero-order valence-electron chi connectivity index (χ0n) is 15.7. The molecule has 0 heterocycles. The largest absolute Gasteiger partial charge is 0.484 e. The third-order valence-corrected chi connectivity index (χ3v) is 3.78. The van der Waals surface area contributed by atoms with Crippen LogP contribution >= 0.6 is 0 Å². The number of amides is 1. The Morgan fingerprint density at radius 1 is 1.23 bits per heavy atom. The van der Waals surface area contributed by atoms with E-state index in [1.165, 1.54) is 48.5 Å². The van der Waals surface area contributed by atoms with Crippen LogP contribution in [0.3, 0.4) is 0 Å². The topological polar surface area (TPSA) is 155 Å². The lowest BCUT2D eigenvalue weighted by Gasteiger charge is -2.12. The maximum Gasteiger partial charge on any atom is 0.322 e. The highest BCUT2D eigenvalue weighted by molar-refractivity contribution is 6.20. The number of ether oxygens (including phenoxy) is 1. The summed E-state index contributed by atoms with van der Waals surface area (Å²) in [5.74, 6) is -3.88. The first-order valence-electron chi connectivity index (χ1n) is 8.66. The molecule has 1 atom stereocenters. The Morgan fingerprint density at radius 3 is 2.57 bits per heavy atom. The van der Waals surface area contributed by atoms with E-state index in [2.05, 4.69) is 10.3 Å². The molecule has 0 aliphatic rings. The number of rotatable bonds is 10. The van der Waals surface area contributed by atoms with Crippen LogP contribution in [0.25, 0.3) is 0 Å². The number of halogens is 1. The number of carbonyl (C=O) groups is 3. The van der Waals surface area contributed by atoms with Crippen LogP contribution in [-0.4, -0.2) is 48.0 Å². The Balaban J connectivity index is 2.09. The van der Waals surface area contributed by atoms with Crippen LogP contribution in [0.2, 0.25) is 0 Å². The summed E-state index contributed by atoms with van der Waals surface area (Å²) < 4.78 is 18.3. The number of Topliss-reactive ketones (excluding diaryl/α,β-unsaturated/α-hetero) is 1. The van der Waals surface area contributed by atoms with Crippen molar-refractivity contribution in [3.05, 3.63) is 59.9 Å². The monoisotopic (exact) mass is 414 g/mol. The number of aliphatic carboxylic acids is 1. The number of nitrogens with zero attached hydrogens (tertiary/aromatic N) is 1. The normalized spacial score (nSPS) is 12.0. The summed E-state index contributed by atoms with van der Waals surface area (Å²) in [5, 5.41) is 18.2. The highest BCUT2D eigenvalue weighted by atomic mass is 19.1. The number of carbonyl (C=O) groups excluding carboxylic acids is 2. The summed E-state index contributed by atoms with van der Waals surface area (Å²) in [6.45, 7) is -0.971. The highest BCUT2D eigenvalue weighted by Gasteiger charge is 2.22. The molecule has 0 bridgehead atoms. The lowest BCUT2D eigenvalue weighted by Crippen LogP contribution is -2.33. The van der Waals surface area contributed by atoms with Gasteiger partial charge in [0.2, 0.25) is 0 Å². The molecule has 0 saturated heterocycles. The van der Waals surface area contributed by atoms with Crippen molar-refractivity contribution in [2.75, 3.05) is 13.2 Å². The van der Waals surface area contributed by atoms with Gasteiger partial charge in [-0.2, -0.15) is 0 Å². The summed E-state index contributed by atoms with van der Waals surface area (Å²) >= 11 is 0. The van der Waals surface area contributed by atoms with Gasteiger partial charge in [0.05, 0.1) is 5.69 Å². The summed E-state index contributed by atoms with van der Waals surface area (Å²) in [5.41, 5.74) is 6.39. The number of ketones is 1. The Hall–Kier alpha value is -4.08. The zero-order chi connectivity index (χ0) is 22.1. The maximum absolute atomic E-state index is 13.0. The molecule has 0 aliphatic heterocycles. The molecule has 30 heavy (non-hydrogen) atoms. The molecular weight excluding hydrogens is 395 g/mol. The molecule has 1 unspecified atom stereocenters. The van der Waals surface area contributed by atoms with Crippen molar-refractivity contribution in [2.24, 2.45) is 16.6 Å². The van der Waals surface area contributed by atoms with Crippen LogP contribution in [0.1, 0.15) is 10.4 Å². The fourth-order valence-electron chi connectivity index (χ4n) is 2.32. The van der Waals surface area contributed by atoms with Gasteiger partial charge in [0.25, 0.3) is 5.91 Å². The van der Waals surface area contributed by atoms with Gasteiger partial charge < -0.3 is 26.3 Å². The first-order chi connectivity index (χ1) is 14.3. The predicted molar refractivity (Wildman–Crippen MR) is 107 cm³/mol. The van der Waals surface area contributed by atoms with Crippen molar-refractivity contribution in [1.29, 1.82) is 5.41 Å². The molecule has 156 valence electrons. The van der Waals surface area contributed by atoms with Crippen molar-refractivity contribution in [3.63, 3.8) is 0 Å². The van der Waals surface area contributed by atoms with E-state index in [0.29, 0.717) is 5.69 Å². The van der Waals surface area contributed by atoms with Crippen molar-refractivity contribution in [2.45, 2.75) is 0 Å². The Bertz CT molecular complexity index is 975. The predicted octanol–water partition coefficient (Wildman–Crippen LogP) is 1.54. The van der Waals surface area contributed by atoms with Gasteiger partial charge in [0.15, 0.2) is 12.4 Å². The molecule has 0 aromatic heterocycles. The third kappa shape index (κ3) is 6.51. The van der Waals surface area contributed by atoms with Gasteiger partial charge in [0, 0.05) is 11.8 Å². The van der Waals surface area contributed by atoms with E-state index in [0.717, 1.165) is 6.21 Å². The second kappa shape index (κ2) is 10.5. The van der Waals surface area contributed by atoms with E-state index in [-0.39, 0.29) is 17.1 Å². The molecular formula is C20H19FN4O5. The molecule has 0 spiro atoms. The number of nitrogens with two attached hydrogens (primary N) is 1. The third-order valence-electron chi connectivity index (χ3n) is 3.78. The van der Waals surface area contributed by atoms with Crippen LogP contribution < -0.4 is 15.8 Å². The van der Waals surface area contributed by atoms with Gasteiger partial charge in [-0.3, -0.25) is 14.4 Å². The number of hydrogen-bond acceptors (Lipinski definition) is 6. The van der Waals surface area contributed by atoms with Crippen LogP contribution in [0, 0.1) is 17.1 Å². The SMILES string of the molecule is N=CC(C(=O)c1cccc(OCC(=O)NCC(=O)O)c1)C(N)=Nc1ccc(F)cc1. The molecule has 0 radical (unpaired) electrons. The molecule has 0 saturated carbocycles. The molecule has 2 rings (SSSR count). The van der Waals surface area contributed by atoms with E-state index in [4.69, 9.17) is 21.0 Å². The smallest absolute Gasteiger partial charge is 0.322 e. The summed E-state index contributed by atoms with van der Waals surface area (Å²) in [6.07, 6.45) is 0.845. The second-order valence-electron chi connectivity index (χ2n) is 6.01. The van der Waals surface area contributed by atoms with Gasteiger partial charge in [0.1, 0.15) is 29.9 Å². The van der Waals surface area contributed by atoms with E-state index in [1.807, 2.05) is 0 Å². The zero-order valence-corrected chi connectivity index (χ0v) is 15.7. The van der Waals surface area contributed by atoms with Crippen LogP contribution in [0.4, 0.5) is 10.1 Å². The minimum absolute atomic E-state index is 0.138. The molecule has 9 nitrogen and oxygen atoms in total. The lowest BCUT2D eigenvalue weighted by molar-refractivity contribution is -0.138. The Morgan fingerprint density at radius 2 is 1.93 bits per heavy atom. The average molecular weight is 414 g/mol. The van der Waals surface area contributed by atoms with Crippen LogP contribution in [-0.2, 0) is 9.59 Å². The van der Waals surface area contributed by atoms with Gasteiger partial charge in [-0.05, 0) is 36.4 Å². The van der Waals surface area contributed by atoms with Crippen molar-refractivity contribution >= 4 is 35.4 Å². The van der Waals surface area contributed by atoms with Crippen molar-refractivity contribution < 1.29 is 28.6 Å². The van der Waals surface area contributed by atoms with E-state index >= 15 is 0 Å². The molecule has 2 aromatic carbocycles. The number of amidine groups is 1. The molecule has 0 fully saturated rings. The minimum atomic E-state index is -1.19. The van der Waals surface area contributed by atoms with E-state index in [9.17, 15) is 18.8 Å². The number of hydrogen-bond donors (Lipinski definition) is 4. The number of carboxylic acid groups (broad SMARTS) is 1. The maximum atomic E-state index is 13.0. The lowest BCUT2D eigenvalue weighted by atomic mass is 9.97. The van der Waals surface area contributed by atoms with Gasteiger partial charge in [-0.15, -0.1) is 0 Å². The number of carboxylic acids is 1. The van der Waals surface area contributed by atoms with E-state index in [1.54, 1.807) is 0 Å². The fraction of sp³-hybridized carbons (Fsp3) is 0.150. The quantitative estimate of drug-likeness (QED) is 0.263. The van der Waals surface area contributed by atoms with Gasteiger partial charge >= 0.3 is 5.97 Å². The number of benzene rings is 2. The van der Waals surface area contributed by atoms with E-state index < -0.39 is 42.5 Å². The van der Waals surface area contributed by atoms with Crippen LogP contribution in [0.5, 0.6) is 5.75 Å². The average Bonchev–Trinajstić information content (AvgIpc) is 2.73. The molecule has 1 amide bonds. The standard InChI is InChI=1S/C20H19FN4O5/c21-13-4-6-14(7-5-13)25-20(23)16(9-22)19(29)12-2-1-3-15(8-12)30-11-17(26)24-10-18(27)28/h1-9,16,22H,10-11H2,(H2,23,25)(H,24,26)(H,27,28). The Labute approximate surface area is 170 Å². The first kappa shape index (κ1) is 22.2. The van der Waals surface area contributed by atoms with Gasteiger partial charge in [-0.25, -0.2) is 9.38 Å². The van der Waals surface area contributed by atoms with Crippen molar-refractivity contribution in [3.8, 4) is 5.75 Å². The molecule has 0 aliphatic carbocycles. The minimum Gasteiger partial charge on any atom is -0.484 e. The van der Waals surface area contributed by atoms with Crippen LogP contribution in [0.15, 0.2) is 53.5 Å². The molecule has 10 heteroatoms. The number of nitrogens with one attached hydrogen (secondary N) is 2. The highest BCUT2D eigenvalue weighted by Crippen LogP contribution is 2.18.